The maximum absolute atomic E-state index is 5.96. The Morgan fingerprint density at radius 1 is 1.14 bits per heavy atom. The molecule has 1 N–H and O–H groups in total. The Bertz CT molecular complexity index is 481. The first kappa shape index (κ1) is 16.3. The highest BCUT2D eigenvalue weighted by atomic mass is 16.5. The van der Waals surface area contributed by atoms with Crippen molar-refractivity contribution in [3.05, 3.63) is 28.8 Å². The molecule has 0 bridgehead atoms. The molecule has 1 saturated heterocycles. The van der Waals surface area contributed by atoms with Crippen LogP contribution in [-0.2, 0) is 9.47 Å². The number of ether oxygens (including phenoxy) is 3. The van der Waals surface area contributed by atoms with Crippen LogP contribution in [-0.4, -0.2) is 40.1 Å². The van der Waals surface area contributed by atoms with Crippen LogP contribution in [0.5, 0.6) is 5.75 Å². The molecule has 1 aliphatic rings. The first-order valence-corrected chi connectivity index (χ1v) is 7.53. The lowest BCUT2D eigenvalue weighted by Gasteiger charge is -2.43. The van der Waals surface area contributed by atoms with E-state index in [0.29, 0.717) is 0 Å². The van der Waals surface area contributed by atoms with Crippen LogP contribution in [0.4, 0.5) is 0 Å². The second kappa shape index (κ2) is 6.77. The van der Waals surface area contributed by atoms with Gasteiger partial charge in [0.25, 0.3) is 0 Å². The van der Waals surface area contributed by atoms with E-state index in [0.717, 1.165) is 37.4 Å². The Hall–Kier alpha value is -1.10. The average Bonchev–Trinajstić information content (AvgIpc) is 2.51. The number of aryl methyl sites for hydroxylation is 2. The number of rotatable bonds is 5. The summed E-state index contributed by atoms with van der Waals surface area (Å²) >= 11 is 0. The Kier molecular flexibility index (Phi) is 5.25. The Labute approximate surface area is 127 Å². The van der Waals surface area contributed by atoms with Crippen LogP contribution in [0.25, 0.3) is 0 Å². The van der Waals surface area contributed by atoms with E-state index in [1.807, 2.05) is 7.05 Å². The van der Waals surface area contributed by atoms with E-state index < -0.39 is 0 Å². The van der Waals surface area contributed by atoms with E-state index in [1.54, 1.807) is 14.2 Å². The molecule has 2 rings (SSSR count). The summed E-state index contributed by atoms with van der Waals surface area (Å²) < 4.78 is 16.9. The van der Waals surface area contributed by atoms with Crippen molar-refractivity contribution in [2.24, 2.45) is 0 Å². The molecule has 0 aliphatic carbocycles. The van der Waals surface area contributed by atoms with Crippen molar-refractivity contribution in [3.63, 3.8) is 0 Å². The Morgan fingerprint density at radius 3 is 2.33 bits per heavy atom. The molecule has 21 heavy (non-hydrogen) atoms. The van der Waals surface area contributed by atoms with E-state index in [-0.39, 0.29) is 11.6 Å². The number of likely N-dealkylation sites (N-methyl/N-ethyl adjacent to an activating group) is 1. The van der Waals surface area contributed by atoms with Gasteiger partial charge in [0.15, 0.2) is 0 Å². The molecule has 4 heteroatoms. The maximum atomic E-state index is 5.96. The summed E-state index contributed by atoms with van der Waals surface area (Å²) in [4.78, 5) is 0. The fourth-order valence-corrected chi connectivity index (χ4v) is 3.37. The number of nitrogens with one attached hydrogen (secondary N) is 1. The lowest BCUT2D eigenvalue weighted by atomic mass is 9.80. The van der Waals surface area contributed by atoms with Crippen LogP contribution in [0.2, 0.25) is 0 Å². The lowest BCUT2D eigenvalue weighted by molar-refractivity contribution is -0.110. The first-order chi connectivity index (χ1) is 10.1. The van der Waals surface area contributed by atoms with Gasteiger partial charge < -0.3 is 19.5 Å². The van der Waals surface area contributed by atoms with E-state index in [2.05, 4.69) is 31.3 Å². The number of hydrogen-bond acceptors (Lipinski definition) is 4. The van der Waals surface area contributed by atoms with Crippen LogP contribution >= 0.6 is 0 Å². The van der Waals surface area contributed by atoms with Gasteiger partial charge >= 0.3 is 0 Å². The zero-order chi connectivity index (χ0) is 15.5. The molecular weight excluding hydrogens is 266 g/mol. The predicted octanol–water partition coefficient (Wildman–Crippen LogP) is 2.77. The topological polar surface area (TPSA) is 39.7 Å². The number of hydrogen-bond donors (Lipinski definition) is 1. The molecule has 118 valence electrons. The molecule has 0 saturated carbocycles. The monoisotopic (exact) mass is 293 g/mol. The van der Waals surface area contributed by atoms with Crippen LogP contribution in [0.3, 0.4) is 0 Å². The summed E-state index contributed by atoms with van der Waals surface area (Å²) in [5.41, 5.74) is 3.44. The fourth-order valence-electron chi connectivity index (χ4n) is 3.37. The van der Waals surface area contributed by atoms with E-state index in [1.165, 1.54) is 11.1 Å². The molecule has 1 fully saturated rings. The highest BCUT2D eigenvalue weighted by Crippen LogP contribution is 2.39. The van der Waals surface area contributed by atoms with Crippen molar-refractivity contribution in [2.75, 3.05) is 34.5 Å². The Balaban J connectivity index is 2.43. The van der Waals surface area contributed by atoms with Gasteiger partial charge in [0.05, 0.1) is 18.8 Å². The van der Waals surface area contributed by atoms with E-state index in [9.17, 15) is 0 Å². The third-order valence-electron chi connectivity index (χ3n) is 4.65. The molecule has 1 aliphatic heterocycles. The minimum absolute atomic E-state index is 0.149. The molecule has 0 radical (unpaired) electrons. The minimum atomic E-state index is -0.210. The number of benzene rings is 1. The molecule has 1 unspecified atom stereocenters. The predicted molar refractivity (Wildman–Crippen MR) is 84.1 cm³/mol. The van der Waals surface area contributed by atoms with Gasteiger partial charge in [-0.1, -0.05) is 6.07 Å². The van der Waals surface area contributed by atoms with Gasteiger partial charge in [-0.05, 0) is 43.7 Å². The van der Waals surface area contributed by atoms with Crippen molar-refractivity contribution < 1.29 is 14.2 Å². The highest BCUT2D eigenvalue weighted by Gasteiger charge is 2.41. The molecule has 4 nitrogen and oxygen atoms in total. The third-order valence-corrected chi connectivity index (χ3v) is 4.65. The molecule has 0 spiro atoms. The maximum Gasteiger partial charge on any atom is 0.122 e. The second-order valence-electron chi connectivity index (χ2n) is 5.78. The molecule has 1 aromatic carbocycles. The van der Waals surface area contributed by atoms with Crippen molar-refractivity contribution in [2.45, 2.75) is 38.3 Å². The molecule has 0 aromatic heterocycles. The molecule has 1 atom stereocenters. The standard InChI is InChI=1S/C17H27NO3/c1-12-11-15(19-4)13(2)10-14(12)16(18-3)17(20-5)6-8-21-9-7-17/h10-11,16,18H,6-9H2,1-5H3. The summed E-state index contributed by atoms with van der Waals surface area (Å²) in [7, 11) is 5.52. The molecule has 1 heterocycles. The van der Waals surface area contributed by atoms with Crippen molar-refractivity contribution in [3.8, 4) is 5.75 Å². The smallest absolute Gasteiger partial charge is 0.122 e. The minimum Gasteiger partial charge on any atom is -0.496 e. The highest BCUT2D eigenvalue weighted by molar-refractivity contribution is 5.43. The van der Waals surface area contributed by atoms with Gasteiger partial charge in [-0.2, -0.15) is 0 Å². The molecular formula is C17H27NO3. The van der Waals surface area contributed by atoms with Gasteiger partial charge in [-0.15, -0.1) is 0 Å². The zero-order valence-electron chi connectivity index (χ0n) is 13.8. The van der Waals surface area contributed by atoms with Crippen LogP contribution in [0.15, 0.2) is 12.1 Å². The average molecular weight is 293 g/mol. The largest absolute Gasteiger partial charge is 0.496 e. The van der Waals surface area contributed by atoms with Crippen LogP contribution in [0, 0.1) is 13.8 Å². The second-order valence-corrected chi connectivity index (χ2v) is 5.78. The van der Waals surface area contributed by atoms with Crippen LogP contribution in [0.1, 0.15) is 35.6 Å². The third kappa shape index (κ3) is 3.07. The SMILES string of the molecule is CNC(c1cc(C)c(OC)cc1C)C1(OC)CCOCC1. The van der Waals surface area contributed by atoms with Crippen molar-refractivity contribution in [1.82, 2.24) is 5.32 Å². The number of methoxy groups -OCH3 is 2. The van der Waals surface area contributed by atoms with Gasteiger partial charge in [-0.25, -0.2) is 0 Å². The normalized spacial score (nSPS) is 19.3. The van der Waals surface area contributed by atoms with Gasteiger partial charge in [0.1, 0.15) is 5.75 Å². The van der Waals surface area contributed by atoms with Gasteiger partial charge in [0, 0.05) is 33.2 Å². The summed E-state index contributed by atoms with van der Waals surface area (Å²) in [6.45, 7) is 5.71. The van der Waals surface area contributed by atoms with Gasteiger partial charge in [0.2, 0.25) is 0 Å². The quantitative estimate of drug-likeness (QED) is 0.906. The molecule has 0 amide bonds. The summed E-state index contributed by atoms with van der Waals surface area (Å²) in [5.74, 6) is 0.935. The zero-order valence-corrected chi connectivity index (χ0v) is 13.8. The fraction of sp³-hybridized carbons (Fsp3) is 0.647. The van der Waals surface area contributed by atoms with Crippen molar-refractivity contribution in [1.29, 1.82) is 0 Å². The van der Waals surface area contributed by atoms with Crippen LogP contribution < -0.4 is 10.1 Å². The summed E-state index contributed by atoms with van der Waals surface area (Å²) in [6, 6.07) is 4.47. The Morgan fingerprint density at radius 2 is 1.81 bits per heavy atom. The lowest BCUT2D eigenvalue weighted by Crippen LogP contribution is -2.48. The summed E-state index contributed by atoms with van der Waals surface area (Å²) in [6.07, 6.45) is 1.80. The van der Waals surface area contributed by atoms with Gasteiger partial charge in [-0.3, -0.25) is 0 Å². The van der Waals surface area contributed by atoms with E-state index in [4.69, 9.17) is 14.2 Å². The summed E-state index contributed by atoms with van der Waals surface area (Å²) in [5, 5.41) is 3.46. The van der Waals surface area contributed by atoms with E-state index >= 15 is 0 Å². The molecule has 1 aromatic rings. The first-order valence-electron chi connectivity index (χ1n) is 7.53. The van der Waals surface area contributed by atoms with Crippen molar-refractivity contribution >= 4 is 0 Å².